The molecule has 0 aliphatic heterocycles. The predicted octanol–water partition coefficient (Wildman–Crippen LogP) is 1.27. The average Bonchev–Trinajstić information content (AvgIpc) is 2.37. The number of rotatable bonds is 8. The molecule has 1 aromatic rings. The maximum atomic E-state index is 11.6. The van der Waals surface area contributed by atoms with E-state index in [4.69, 9.17) is 10.5 Å². The number of nitrogen functional groups attached to an aromatic ring is 1. The van der Waals surface area contributed by atoms with Gasteiger partial charge in [-0.05, 0) is 25.3 Å². The van der Waals surface area contributed by atoms with Gasteiger partial charge in [-0.25, -0.2) is 0 Å². The summed E-state index contributed by atoms with van der Waals surface area (Å²) in [5.74, 6) is 1.08. The lowest BCUT2D eigenvalue weighted by molar-refractivity contribution is -0.122. The van der Waals surface area contributed by atoms with Crippen molar-refractivity contribution < 1.29 is 14.6 Å². The van der Waals surface area contributed by atoms with Crippen LogP contribution >= 0.6 is 11.8 Å². The number of carbonyl (C=O) groups excluding carboxylic acids is 1. The first-order valence-electron chi connectivity index (χ1n) is 6.39. The Bertz CT molecular complexity index is 438. The number of hydrogen-bond donors (Lipinski definition) is 3. The highest BCUT2D eigenvalue weighted by molar-refractivity contribution is 7.98. The fraction of sp³-hybridized carbons (Fsp3) is 0.500. The minimum absolute atomic E-state index is 0.143. The fourth-order valence-electron chi connectivity index (χ4n) is 1.61. The SMILES string of the molecule is CSCC(C)(O)CNC(=O)CCOc1cccc(N)c1. The molecular formula is C14H22N2O3S. The van der Waals surface area contributed by atoms with E-state index >= 15 is 0 Å². The molecule has 1 atom stereocenters. The molecule has 0 saturated heterocycles. The summed E-state index contributed by atoms with van der Waals surface area (Å²) < 4.78 is 5.43. The summed E-state index contributed by atoms with van der Waals surface area (Å²) in [5.41, 5.74) is 5.37. The standard InChI is InChI=1S/C14H22N2O3S/c1-14(18,10-20-2)9-16-13(17)6-7-19-12-5-3-4-11(15)8-12/h3-5,8,18H,6-7,9-10,15H2,1-2H3,(H,16,17). The van der Waals surface area contributed by atoms with Gasteiger partial charge in [0.2, 0.25) is 5.91 Å². The number of thioether (sulfide) groups is 1. The Morgan fingerprint density at radius 1 is 1.55 bits per heavy atom. The average molecular weight is 298 g/mol. The lowest BCUT2D eigenvalue weighted by Gasteiger charge is -2.22. The molecule has 1 aromatic carbocycles. The van der Waals surface area contributed by atoms with Crippen LogP contribution in [0.25, 0.3) is 0 Å². The van der Waals surface area contributed by atoms with Crippen molar-refractivity contribution in [3.05, 3.63) is 24.3 Å². The second-order valence-electron chi connectivity index (χ2n) is 4.88. The third-order valence-corrected chi connectivity index (χ3v) is 3.49. The number of aliphatic hydroxyl groups is 1. The van der Waals surface area contributed by atoms with Gasteiger partial charge < -0.3 is 20.9 Å². The van der Waals surface area contributed by atoms with Gasteiger partial charge in [0.15, 0.2) is 0 Å². The van der Waals surface area contributed by atoms with Gasteiger partial charge in [0.1, 0.15) is 5.75 Å². The van der Waals surface area contributed by atoms with Gasteiger partial charge >= 0.3 is 0 Å². The third-order valence-electron chi connectivity index (χ3n) is 2.58. The van der Waals surface area contributed by atoms with E-state index < -0.39 is 5.60 Å². The van der Waals surface area contributed by atoms with Gasteiger partial charge in [-0.15, -0.1) is 0 Å². The molecule has 0 saturated carbocycles. The first-order chi connectivity index (χ1) is 9.43. The van der Waals surface area contributed by atoms with Crippen molar-refractivity contribution in [1.29, 1.82) is 0 Å². The van der Waals surface area contributed by atoms with Crippen LogP contribution in [0.3, 0.4) is 0 Å². The minimum Gasteiger partial charge on any atom is -0.493 e. The van der Waals surface area contributed by atoms with E-state index in [1.165, 1.54) is 11.8 Å². The Labute approximate surface area is 123 Å². The van der Waals surface area contributed by atoms with Crippen LogP contribution in [0.2, 0.25) is 0 Å². The Morgan fingerprint density at radius 2 is 2.30 bits per heavy atom. The first kappa shape index (κ1) is 16.7. The Kier molecular flexibility index (Phi) is 6.67. The highest BCUT2D eigenvalue weighted by Crippen LogP contribution is 2.14. The second-order valence-corrected chi connectivity index (χ2v) is 5.74. The van der Waals surface area contributed by atoms with Crippen molar-refractivity contribution in [2.45, 2.75) is 18.9 Å². The van der Waals surface area contributed by atoms with Gasteiger partial charge in [-0.3, -0.25) is 4.79 Å². The molecule has 0 heterocycles. The van der Waals surface area contributed by atoms with Crippen molar-refractivity contribution in [3.8, 4) is 5.75 Å². The summed E-state index contributed by atoms with van der Waals surface area (Å²) in [5, 5.41) is 12.6. The van der Waals surface area contributed by atoms with Crippen molar-refractivity contribution in [2.75, 3.05) is 30.9 Å². The monoisotopic (exact) mass is 298 g/mol. The zero-order chi connectivity index (χ0) is 15.0. The van der Waals surface area contributed by atoms with Gasteiger partial charge in [0.25, 0.3) is 0 Å². The maximum absolute atomic E-state index is 11.6. The van der Waals surface area contributed by atoms with Crippen molar-refractivity contribution in [1.82, 2.24) is 5.32 Å². The summed E-state index contributed by atoms with van der Waals surface area (Å²) >= 11 is 1.54. The summed E-state index contributed by atoms with van der Waals surface area (Å²) in [6.07, 6.45) is 2.15. The summed E-state index contributed by atoms with van der Waals surface area (Å²) in [6.45, 7) is 2.22. The summed E-state index contributed by atoms with van der Waals surface area (Å²) in [4.78, 5) is 11.6. The Balaban J connectivity index is 2.23. The van der Waals surface area contributed by atoms with E-state index in [1.54, 1.807) is 31.2 Å². The van der Waals surface area contributed by atoms with Crippen LogP contribution < -0.4 is 15.8 Å². The smallest absolute Gasteiger partial charge is 0.223 e. The van der Waals surface area contributed by atoms with Gasteiger partial charge in [-0.1, -0.05) is 6.07 Å². The van der Waals surface area contributed by atoms with Crippen LogP contribution in [-0.2, 0) is 4.79 Å². The summed E-state index contributed by atoms with van der Waals surface area (Å²) in [6, 6.07) is 7.07. The van der Waals surface area contributed by atoms with Crippen LogP contribution in [0, 0.1) is 0 Å². The lowest BCUT2D eigenvalue weighted by Crippen LogP contribution is -2.42. The number of anilines is 1. The lowest BCUT2D eigenvalue weighted by atomic mass is 10.1. The summed E-state index contributed by atoms with van der Waals surface area (Å²) in [7, 11) is 0. The van der Waals surface area contributed by atoms with E-state index in [-0.39, 0.29) is 25.5 Å². The molecule has 1 amide bonds. The van der Waals surface area contributed by atoms with Gasteiger partial charge in [-0.2, -0.15) is 11.8 Å². The number of hydrogen-bond acceptors (Lipinski definition) is 5. The number of nitrogens with two attached hydrogens (primary N) is 1. The molecule has 0 radical (unpaired) electrons. The van der Waals surface area contributed by atoms with E-state index in [9.17, 15) is 9.90 Å². The number of nitrogens with one attached hydrogen (secondary N) is 1. The van der Waals surface area contributed by atoms with Crippen LogP contribution in [0.4, 0.5) is 5.69 Å². The van der Waals surface area contributed by atoms with E-state index in [0.29, 0.717) is 17.2 Å². The van der Waals surface area contributed by atoms with Crippen LogP contribution in [0.5, 0.6) is 5.75 Å². The van der Waals surface area contributed by atoms with Crippen LogP contribution in [0.1, 0.15) is 13.3 Å². The molecule has 6 heteroatoms. The third kappa shape index (κ3) is 6.68. The largest absolute Gasteiger partial charge is 0.493 e. The quantitative estimate of drug-likeness (QED) is 0.629. The van der Waals surface area contributed by atoms with E-state index in [2.05, 4.69) is 5.32 Å². The predicted molar refractivity (Wildman–Crippen MR) is 83.0 cm³/mol. The number of carbonyl (C=O) groups is 1. The molecule has 4 N–H and O–H groups in total. The Hall–Kier alpha value is -1.40. The van der Waals surface area contributed by atoms with Gasteiger partial charge in [0.05, 0.1) is 18.6 Å². The maximum Gasteiger partial charge on any atom is 0.223 e. The van der Waals surface area contributed by atoms with Crippen molar-refractivity contribution in [2.24, 2.45) is 0 Å². The van der Waals surface area contributed by atoms with Crippen molar-refractivity contribution in [3.63, 3.8) is 0 Å². The molecule has 5 nitrogen and oxygen atoms in total. The molecule has 1 unspecified atom stereocenters. The molecular weight excluding hydrogens is 276 g/mol. The molecule has 0 aliphatic rings. The van der Waals surface area contributed by atoms with Crippen LogP contribution in [-0.4, -0.2) is 41.8 Å². The molecule has 112 valence electrons. The number of ether oxygens (including phenoxy) is 1. The first-order valence-corrected chi connectivity index (χ1v) is 7.79. The van der Waals surface area contributed by atoms with E-state index in [0.717, 1.165) is 0 Å². The molecule has 1 rings (SSSR count). The zero-order valence-corrected chi connectivity index (χ0v) is 12.7. The minimum atomic E-state index is -0.885. The Morgan fingerprint density at radius 3 is 2.95 bits per heavy atom. The highest BCUT2D eigenvalue weighted by atomic mass is 32.2. The molecule has 0 aromatic heterocycles. The molecule has 0 spiro atoms. The highest BCUT2D eigenvalue weighted by Gasteiger charge is 2.20. The van der Waals surface area contributed by atoms with Gasteiger partial charge in [0, 0.05) is 24.1 Å². The van der Waals surface area contributed by atoms with Crippen LogP contribution in [0.15, 0.2) is 24.3 Å². The molecule has 0 fully saturated rings. The van der Waals surface area contributed by atoms with Crippen molar-refractivity contribution >= 4 is 23.4 Å². The van der Waals surface area contributed by atoms with E-state index in [1.807, 2.05) is 6.26 Å². The molecule has 0 bridgehead atoms. The number of amides is 1. The zero-order valence-electron chi connectivity index (χ0n) is 11.9. The molecule has 20 heavy (non-hydrogen) atoms. The molecule has 0 aliphatic carbocycles. The second kappa shape index (κ2) is 8.01. The fourth-order valence-corrected chi connectivity index (χ4v) is 2.33. The topological polar surface area (TPSA) is 84.6 Å². The number of benzene rings is 1. The normalized spacial score (nSPS) is 13.6.